The molecule has 2 aromatic carbocycles. The number of rotatable bonds is 7. The molecule has 35 heavy (non-hydrogen) atoms. The molecule has 2 heterocycles. The Hall–Kier alpha value is -3.24. The molecule has 0 saturated carbocycles. The summed E-state index contributed by atoms with van der Waals surface area (Å²) >= 11 is 3.41. The number of aromatic nitrogens is 2. The Morgan fingerprint density at radius 2 is 2.03 bits per heavy atom. The first-order valence-electron chi connectivity index (χ1n) is 11.3. The van der Waals surface area contributed by atoms with Crippen LogP contribution in [0.25, 0.3) is 10.9 Å². The second-order valence-electron chi connectivity index (χ2n) is 8.31. The zero-order valence-electron chi connectivity index (χ0n) is 19.9. The van der Waals surface area contributed by atoms with Gasteiger partial charge in [0.15, 0.2) is 18.1 Å². The van der Waals surface area contributed by atoms with Gasteiger partial charge in [-0.05, 0) is 30.3 Å². The normalized spacial score (nSPS) is 14.1. The van der Waals surface area contributed by atoms with Crippen LogP contribution in [0.3, 0.4) is 0 Å². The van der Waals surface area contributed by atoms with Crippen molar-refractivity contribution >= 4 is 39.0 Å². The van der Waals surface area contributed by atoms with Gasteiger partial charge in [0.25, 0.3) is 11.5 Å². The Kier molecular flexibility index (Phi) is 7.82. The first-order valence-corrected chi connectivity index (χ1v) is 12.1. The maximum Gasteiger partial charge on any atom is 0.282 e. The number of morpholine rings is 1. The Balaban J connectivity index is 1.68. The molecule has 0 radical (unpaired) electrons. The van der Waals surface area contributed by atoms with Gasteiger partial charge in [-0.1, -0.05) is 35.8 Å². The Morgan fingerprint density at radius 3 is 2.74 bits per heavy atom. The third kappa shape index (κ3) is 5.54. The van der Waals surface area contributed by atoms with Crippen molar-refractivity contribution in [1.29, 1.82) is 0 Å². The molecule has 9 nitrogen and oxygen atoms in total. The fraction of sp³-hybridized carbons (Fsp3) is 0.360. The molecule has 10 heteroatoms. The Bertz CT molecular complexity index is 1320. The zero-order chi connectivity index (χ0) is 24.9. The monoisotopic (exact) mass is 542 g/mol. The molecule has 0 aliphatic carbocycles. The quantitative estimate of drug-likeness (QED) is 0.424. The van der Waals surface area contributed by atoms with Gasteiger partial charge in [-0.2, -0.15) is 9.78 Å². The van der Waals surface area contributed by atoms with E-state index >= 15 is 0 Å². The van der Waals surface area contributed by atoms with E-state index in [0.29, 0.717) is 60.1 Å². The van der Waals surface area contributed by atoms with Gasteiger partial charge >= 0.3 is 0 Å². The third-order valence-corrected chi connectivity index (χ3v) is 6.09. The number of fused-ring (bicyclic) bond motifs is 1. The number of para-hydroxylation sites is 1. The van der Waals surface area contributed by atoms with Crippen molar-refractivity contribution in [2.45, 2.75) is 19.8 Å². The van der Waals surface area contributed by atoms with E-state index < -0.39 is 0 Å². The predicted octanol–water partition coefficient (Wildman–Crippen LogP) is 3.41. The summed E-state index contributed by atoms with van der Waals surface area (Å²) in [6.45, 7) is 5.86. The van der Waals surface area contributed by atoms with Crippen molar-refractivity contribution in [1.82, 2.24) is 14.6 Å². The molecule has 1 aromatic heterocycles. The molecule has 1 aliphatic rings. The summed E-state index contributed by atoms with van der Waals surface area (Å²) in [6, 6.07) is 10.7. The smallest absolute Gasteiger partial charge is 0.282 e. The minimum atomic E-state index is -0.274. The number of benzene rings is 2. The van der Waals surface area contributed by atoms with Gasteiger partial charge in [0.05, 0.1) is 37.4 Å². The van der Waals surface area contributed by atoms with Crippen LogP contribution in [-0.2, 0) is 9.53 Å². The van der Waals surface area contributed by atoms with Crippen LogP contribution in [0.15, 0.2) is 50.8 Å². The molecule has 0 bridgehead atoms. The van der Waals surface area contributed by atoms with E-state index in [9.17, 15) is 9.59 Å². The van der Waals surface area contributed by atoms with Crippen molar-refractivity contribution in [3.8, 4) is 11.5 Å². The van der Waals surface area contributed by atoms with Gasteiger partial charge in [0.2, 0.25) is 0 Å². The van der Waals surface area contributed by atoms with E-state index in [2.05, 4.69) is 26.0 Å². The number of ether oxygens (including phenoxy) is 3. The fourth-order valence-electron chi connectivity index (χ4n) is 3.76. The highest BCUT2D eigenvalue weighted by Crippen LogP contribution is 2.30. The summed E-state index contributed by atoms with van der Waals surface area (Å²) in [5.74, 6) is 1.19. The molecule has 3 aromatic rings. The van der Waals surface area contributed by atoms with Crippen LogP contribution in [0.2, 0.25) is 0 Å². The lowest BCUT2D eigenvalue weighted by atomic mass is 10.2. The number of hydrogen-bond acceptors (Lipinski definition) is 7. The van der Waals surface area contributed by atoms with E-state index in [1.54, 1.807) is 35.2 Å². The van der Waals surface area contributed by atoms with Crippen molar-refractivity contribution < 1.29 is 19.0 Å². The van der Waals surface area contributed by atoms with Crippen LogP contribution in [0, 0.1) is 0 Å². The lowest BCUT2D eigenvalue weighted by molar-refractivity contribution is -0.137. The lowest BCUT2D eigenvalue weighted by Crippen LogP contribution is -2.43. The third-order valence-electron chi connectivity index (χ3n) is 5.60. The molecular formula is C25H27BrN4O5. The van der Waals surface area contributed by atoms with Gasteiger partial charge < -0.3 is 19.1 Å². The molecule has 184 valence electrons. The van der Waals surface area contributed by atoms with Crippen molar-refractivity contribution in [2.75, 3.05) is 40.0 Å². The summed E-state index contributed by atoms with van der Waals surface area (Å²) in [5.41, 5.74) is 0.902. The van der Waals surface area contributed by atoms with E-state index in [4.69, 9.17) is 14.2 Å². The molecule has 0 unspecified atom stereocenters. The number of carbonyl (C=O) groups excluding carboxylic acids is 1. The van der Waals surface area contributed by atoms with Crippen molar-refractivity contribution in [3.05, 3.63) is 62.6 Å². The molecule has 0 N–H and O–H groups in total. The average Bonchev–Trinajstić information content (AvgIpc) is 2.87. The van der Waals surface area contributed by atoms with Gasteiger partial charge in [0, 0.05) is 29.0 Å². The van der Waals surface area contributed by atoms with Gasteiger partial charge in [-0.15, -0.1) is 0 Å². The molecule has 1 saturated heterocycles. The lowest BCUT2D eigenvalue weighted by Gasteiger charge is -2.27. The number of halogens is 1. The van der Waals surface area contributed by atoms with E-state index in [1.165, 1.54) is 18.0 Å². The number of hydrogen-bond donors (Lipinski definition) is 0. The number of nitrogens with zero attached hydrogens (tertiary/aromatic N) is 4. The highest BCUT2D eigenvalue weighted by Gasteiger charge is 2.19. The number of carbonyl (C=O) groups is 1. The van der Waals surface area contributed by atoms with Crippen LogP contribution >= 0.6 is 15.9 Å². The van der Waals surface area contributed by atoms with Crippen LogP contribution in [-0.4, -0.2) is 66.7 Å². The average molecular weight is 543 g/mol. The molecule has 0 atom stereocenters. The van der Waals surface area contributed by atoms with Crippen LogP contribution < -0.4 is 15.0 Å². The van der Waals surface area contributed by atoms with Gasteiger partial charge in [-0.3, -0.25) is 9.59 Å². The van der Waals surface area contributed by atoms with Gasteiger partial charge in [0.1, 0.15) is 5.82 Å². The fourth-order valence-corrected chi connectivity index (χ4v) is 4.12. The predicted molar refractivity (Wildman–Crippen MR) is 137 cm³/mol. The summed E-state index contributed by atoms with van der Waals surface area (Å²) in [7, 11) is 1.53. The minimum absolute atomic E-state index is 0.0416. The second-order valence-corrected chi connectivity index (χ2v) is 9.22. The van der Waals surface area contributed by atoms with Crippen molar-refractivity contribution in [3.63, 3.8) is 0 Å². The van der Waals surface area contributed by atoms with E-state index in [0.717, 1.165) is 4.47 Å². The van der Waals surface area contributed by atoms with Crippen LogP contribution in [0.5, 0.6) is 11.5 Å². The van der Waals surface area contributed by atoms with Gasteiger partial charge in [-0.25, -0.2) is 4.98 Å². The Labute approximate surface area is 211 Å². The SMILES string of the molecule is COc1cccc(C=Nn2c(C(C)C)nc3ccc(Br)cc3c2=O)c1OCC(=O)N1CCOCC1. The zero-order valence-corrected chi connectivity index (χ0v) is 21.4. The highest BCUT2D eigenvalue weighted by molar-refractivity contribution is 9.10. The van der Waals surface area contributed by atoms with Crippen molar-refractivity contribution in [2.24, 2.45) is 5.10 Å². The number of amides is 1. The Morgan fingerprint density at radius 1 is 1.26 bits per heavy atom. The van der Waals surface area contributed by atoms with Crippen LogP contribution in [0.4, 0.5) is 0 Å². The standard InChI is InChI=1S/C25H27BrN4O5/c1-16(2)24-28-20-8-7-18(26)13-19(20)25(32)30(24)27-14-17-5-4-6-21(33-3)23(17)35-15-22(31)29-9-11-34-12-10-29/h4-8,13-14,16H,9-12,15H2,1-3H3. The molecule has 1 aliphatic heterocycles. The maximum absolute atomic E-state index is 13.3. The molecule has 1 amide bonds. The first kappa shape index (κ1) is 24.9. The summed E-state index contributed by atoms with van der Waals surface area (Å²) in [6.07, 6.45) is 1.52. The maximum atomic E-state index is 13.3. The largest absolute Gasteiger partial charge is 0.493 e. The highest BCUT2D eigenvalue weighted by atomic mass is 79.9. The topological polar surface area (TPSA) is 95.2 Å². The number of methoxy groups -OCH3 is 1. The minimum Gasteiger partial charge on any atom is -0.493 e. The first-order chi connectivity index (χ1) is 16.9. The summed E-state index contributed by atoms with van der Waals surface area (Å²) < 4.78 is 18.7. The molecular weight excluding hydrogens is 516 g/mol. The summed E-state index contributed by atoms with van der Waals surface area (Å²) in [5, 5.41) is 4.94. The second kappa shape index (κ2) is 11.0. The molecule has 1 fully saturated rings. The van der Waals surface area contributed by atoms with E-state index in [-0.39, 0.29) is 24.0 Å². The summed E-state index contributed by atoms with van der Waals surface area (Å²) in [4.78, 5) is 32.3. The van der Waals surface area contributed by atoms with E-state index in [1.807, 2.05) is 19.9 Å². The molecule has 0 spiro atoms. The van der Waals surface area contributed by atoms with Crippen LogP contribution in [0.1, 0.15) is 31.2 Å². The molecule has 4 rings (SSSR count).